The highest BCUT2D eigenvalue weighted by molar-refractivity contribution is 9.10. The molecule has 138 valence electrons. The molecule has 0 saturated carbocycles. The van der Waals surface area contributed by atoms with Crippen LogP contribution in [-0.2, 0) is 0 Å². The summed E-state index contributed by atoms with van der Waals surface area (Å²) in [4.78, 5) is 17.1. The lowest BCUT2D eigenvalue weighted by Gasteiger charge is -2.11. The highest BCUT2D eigenvalue weighted by Crippen LogP contribution is 2.40. The number of carbonyl (C=O) groups is 1. The number of nitrogens with one attached hydrogen (secondary N) is 1. The minimum absolute atomic E-state index is 0.138. The highest BCUT2D eigenvalue weighted by atomic mass is 79.9. The Labute approximate surface area is 163 Å². The van der Waals surface area contributed by atoms with E-state index < -0.39 is 0 Å². The van der Waals surface area contributed by atoms with Gasteiger partial charge in [-0.05, 0) is 54.0 Å². The molecule has 1 amide bonds. The number of rotatable bonds is 4. The molecule has 0 radical (unpaired) electrons. The topological polar surface area (TPSA) is 91.2 Å². The van der Waals surface area contributed by atoms with Gasteiger partial charge in [0, 0.05) is 11.6 Å². The van der Waals surface area contributed by atoms with E-state index in [9.17, 15) is 4.79 Å². The normalized spacial score (nSPS) is 12.4. The minimum atomic E-state index is -0.302. The van der Waals surface area contributed by atoms with Crippen molar-refractivity contribution in [3.63, 3.8) is 0 Å². The van der Waals surface area contributed by atoms with E-state index in [0.29, 0.717) is 38.9 Å². The van der Waals surface area contributed by atoms with Gasteiger partial charge < -0.3 is 19.4 Å². The number of amides is 1. The summed E-state index contributed by atoms with van der Waals surface area (Å²) >= 11 is 3.39. The van der Waals surface area contributed by atoms with Crippen molar-refractivity contribution in [2.75, 3.05) is 12.1 Å². The van der Waals surface area contributed by atoms with Gasteiger partial charge in [-0.1, -0.05) is 6.07 Å². The zero-order chi connectivity index (χ0) is 19.0. The summed E-state index contributed by atoms with van der Waals surface area (Å²) < 4.78 is 13.3. The van der Waals surface area contributed by atoms with Crippen LogP contribution < -0.4 is 14.8 Å². The van der Waals surface area contributed by atoms with Crippen molar-refractivity contribution in [3.05, 3.63) is 46.7 Å². The number of aromatic nitrogens is 4. The molecule has 4 rings (SSSR count). The van der Waals surface area contributed by atoms with Crippen LogP contribution in [0.25, 0.3) is 11.5 Å². The highest BCUT2D eigenvalue weighted by Gasteiger charge is 2.21. The maximum absolute atomic E-state index is 12.6. The van der Waals surface area contributed by atoms with Gasteiger partial charge in [0.1, 0.15) is 17.8 Å². The summed E-state index contributed by atoms with van der Waals surface area (Å²) in [6.45, 7) is 4.21. The van der Waals surface area contributed by atoms with Gasteiger partial charge in [0.15, 0.2) is 17.3 Å². The molecule has 1 N–H and O–H groups in total. The molecule has 1 aliphatic rings. The quantitative estimate of drug-likeness (QED) is 0.680. The molecule has 0 aliphatic carbocycles. The molecule has 3 heterocycles. The van der Waals surface area contributed by atoms with Crippen molar-refractivity contribution in [1.29, 1.82) is 0 Å². The molecule has 0 saturated heterocycles. The van der Waals surface area contributed by atoms with Gasteiger partial charge in [-0.3, -0.25) is 4.79 Å². The Morgan fingerprint density at radius 1 is 1.30 bits per heavy atom. The van der Waals surface area contributed by atoms with E-state index in [-0.39, 0.29) is 18.7 Å². The van der Waals surface area contributed by atoms with E-state index >= 15 is 0 Å². The van der Waals surface area contributed by atoms with Crippen molar-refractivity contribution in [2.45, 2.75) is 19.9 Å². The molecule has 8 nitrogen and oxygen atoms in total. The Morgan fingerprint density at radius 2 is 2.15 bits per heavy atom. The summed E-state index contributed by atoms with van der Waals surface area (Å²) in [5, 5.41) is 10.9. The zero-order valence-corrected chi connectivity index (χ0v) is 16.2. The summed E-state index contributed by atoms with van der Waals surface area (Å²) in [7, 11) is 0. The third kappa shape index (κ3) is 3.37. The van der Waals surface area contributed by atoms with E-state index in [4.69, 9.17) is 9.47 Å². The number of carbonyl (C=O) groups excluding carboxylic acids is 1. The van der Waals surface area contributed by atoms with E-state index in [1.165, 1.54) is 0 Å². The van der Waals surface area contributed by atoms with E-state index in [2.05, 4.69) is 36.4 Å². The molecule has 2 aromatic heterocycles. The molecule has 0 spiro atoms. The second kappa shape index (κ2) is 6.99. The van der Waals surface area contributed by atoms with Crippen molar-refractivity contribution in [2.24, 2.45) is 0 Å². The summed E-state index contributed by atoms with van der Waals surface area (Å²) in [6.07, 6.45) is 1.66. The molecule has 0 bridgehead atoms. The molecule has 0 atom stereocenters. The average Bonchev–Trinajstić information content (AvgIpc) is 3.31. The van der Waals surface area contributed by atoms with Crippen LogP contribution in [0.15, 0.2) is 41.1 Å². The predicted molar refractivity (Wildman–Crippen MR) is 102 cm³/mol. The van der Waals surface area contributed by atoms with Crippen LogP contribution in [-0.4, -0.2) is 32.4 Å². The van der Waals surface area contributed by atoms with Gasteiger partial charge in [0.05, 0.1) is 4.47 Å². The second-order valence-electron chi connectivity index (χ2n) is 6.21. The SMILES string of the molecule is CC(C)n1cnnc1-c1cccc(NC(=O)c2cc(Br)c3c(c2)OCO3)n1. The van der Waals surface area contributed by atoms with Crippen molar-refractivity contribution >= 4 is 27.7 Å². The lowest BCUT2D eigenvalue weighted by molar-refractivity contribution is 0.102. The molecule has 1 aromatic carbocycles. The molecule has 1 aliphatic heterocycles. The van der Waals surface area contributed by atoms with Crippen molar-refractivity contribution in [1.82, 2.24) is 19.7 Å². The predicted octanol–water partition coefficient (Wildman–Crippen LogP) is 3.66. The fraction of sp³-hybridized carbons (Fsp3) is 0.222. The van der Waals surface area contributed by atoms with Crippen molar-refractivity contribution in [3.8, 4) is 23.0 Å². The summed E-state index contributed by atoms with van der Waals surface area (Å²) in [5.74, 6) is 1.89. The lowest BCUT2D eigenvalue weighted by Crippen LogP contribution is -2.13. The Kier molecular flexibility index (Phi) is 4.53. The van der Waals surface area contributed by atoms with Crippen LogP contribution in [0.4, 0.5) is 5.82 Å². The van der Waals surface area contributed by atoms with Gasteiger partial charge >= 0.3 is 0 Å². The standard InChI is InChI=1S/C18H16BrN5O3/c1-10(2)24-8-20-23-17(24)13-4-3-5-15(21-13)22-18(25)11-6-12(19)16-14(7-11)26-9-27-16/h3-8,10H,9H2,1-2H3,(H,21,22,25). The third-order valence-corrected chi connectivity index (χ3v) is 4.63. The van der Waals surface area contributed by atoms with Crippen LogP contribution in [0.3, 0.4) is 0 Å². The van der Waals surface area contributed by atoms with Crippen LogP contribution in [0.5, 0.6) is 11.5 Å². The molecule has 0 fully saturated rings. The fourth-order valence-corrected chi connectivity index (χ4v) is 3.28. The number of hydrogen-bond donors (Lipinski definition) is 1. The van der Waals surface area contributed by atoms with E-state index in [1.807, 2.05) is 30.5 Å². The summed E-state index contributed by atoms with van der Waals surface area (Å²) in [6, 6.07) is 8.88. The average molecular weight is 430 g/mol. The molecular weight excluding hydrogens is 414 g/mol. The fourth-order valence-electron chi connectivity index (χ4n) is 2.72. The number of ether oxygens (including phenoxy) is 2. The number of fused-ring (bicyclic) bond motifs is 1. The first-order chi connectivity index (χ1) is 13.0. The molecular formula is C18H16BrN5O3. The zero-order valence-electron chi connectivity index (χ0n) is 14.6. The van der Waals surface area contributed by atoms with E-state index in [1.54, 1.807) is 24.5 Å². The maximum atomic E-state index is 12.6. The van der Waals surface area contributed by atoms with Crippen molar-refractivity contribution < 1.29 is 14.3 Å². The Balaban J connectivity index is 1.59. The maximum Gasteiger partial charge on any atom is 0.256 e. The lowest BCUT2D eigenvalue weighted by atomic mass is 10.2. The largest absolute Gasteiger partial charge is 0.454 e. The van der Waals surface area contributed by atoms with Crippen LogP contribution >= 0.6 is 15.9 Å². The molecule has 27 heavy (non-hydrogen) atoms. The monoisotopic (exact) mass is 429 g/mol. The molecule has 3 aromatic rings. The first kappa shape index (κ1) is 17.5. The van der Waals surface area contributed by atoms with Gasteiger partial charge in [-0.2, -0.15) is 0 Å². The second-order valence-corrected chi connectivity index (χ2v) is 7.06. The Hall–Kier alpha value is -2.94. The van der Waals surface area contributed by atoms with Gasteiger partial charge in [0.2, 0.25) is 6.79 Å². The van der Waals surface area contributed by atoms with Crippen LogP contribution in [0.2, 0.25) is 0 Å². The Morgan fingerprint density at radius 3 is 2.96 bits per heavy atom. The first-order valence-corrected chi connectivity index (χ1v) is 9.09. The number of benzene rings is 1. The third-order valence-electron chi connectivity index (χ3n) is 4.04. The van der Waals surface area contributed by atoms with Gasteiger partial charge in [-0.15, -0.1) is 10.2 Å². The Bertz CT molecular complexity index is 1020. The smallest absolute Gasteiger partial charge is 0.256 e. The van der Waals surface area contributed by atoms with Gasteiger partial charge in [-0.25, -0.2) is 4.98 Å². The molecule has 0 unspecified atom stereocenters. The van der Waals surface area contributed by atoms with Gasteiger partial charge in [0.25, 0.3) is 5.91 Å². The first-order valence-electron chi connectivity index (χ1n) is 8.30. The number of nitrogens with zero attached hydrogens (tertiary/aromatic N) is 4. The van der Waals surface area contributed by atoms with E-state index in [0.717, 1.165) is 0 Å². The number of hydrogen-bond acceptors (Lipinski definition) is 6. The number of anilines is 1. The van der Waals surface area contributed by atoms with Crippen LogP contribution in [0.1, 0.15) is 30.2 Å². The van der Waals surface area contributed by atoms with Crippen LogP contribution in [0, 0.1) is 0 Å². The minimum Gasteiger partial charge on any atom is -0.454 e. The molecule has 9 heteroatoms. The summed E-state index contributed by atoms with van der Waals surface area (Å²) in [5.41, 5.74) is 1.06. The number of halogens is 1. The number of pyridine rings is 1.